The molecule has 0 saturated heterocycles. The van der Waals surface area contributed by atoms with Gasteiger partial charge < -0.3 is 4.42 Å². The summed E-state index contributed by atoms with van der Waals surface area (Å²) < 4.78 is 7.43. The van der Waals surface area contributed by atoms with Gasteiger partial charge in [0.1, 0.15) is 11.1 Å². The molecule has 0 aliphatic heterocycles. The molecule has 0 fully saturated rings. The molecule has 6 rings (SSSR count). The maximum absolute atomic E-state index is 13.9. The fourth-order valence-corrected chi connectivity index (χ4v) is 5.56. The molecule has 0 spiro atoms. The zero-order valence-electron chi connectivity index (χ0n) is 18.1. The number of rotatable bonds is 4. The van der Waals surface area contributed by atoms with Crippen molar-refractivity contribution in [1.29, 1.82) is 0 Å². The second-order valence-electron chi connectivity index (χ2n) is 7.97. The summed E-state index contributed by atoms with van der Waals surface area (Å²) in [5.41, 5.74) is 1.14. The molecule has 170 valence electrons. The van der Waals surface area contributed by atoms with Crippen LogP contribution in [0.3, 0.4) is 0 Å². The van der Waals surface area contributed by atoms with E-state index < -0.39 is 11.5 Å². The van der Waals surface area contributed by atoms with E-state index in [0.29, 0.717) is 21.8 Å². The first-order valence-electron chi connectivity index (χ1n) is 10.8. The van der Waals surface area contributed by atoms with Gasteiger partial charge in [-0.05, 0) is 53.2 Å². The Bertz CT molecular complexity index is 1800. The molecule has 0 atom stereocenters. The number of amides is 1. The van der Waals surface area contributed by atoms with Crippen LogP contribution in [0.2, 0.25) is 0 Å². The van der Waals surface area contributed by atoms with Crippen LogP contribution in [0.5, 0.6) is 0 Å². The first-order chi connectivity index (χ1) is 17.1. The number of hydrogen-bond donors (Lipinski definition) is 0. The Balaban J connectivity index is 1.52. The number of carbonyl (C=O) groups excluding carboxylic acids is 1. The summed E-state index contributed by atoms with van der Waals surface area (Å²) in [6.45, 7) is 0.160. The summed E-state index contributed by atoms with van der Waals surface area (Å²) in [6, 6.07) is 24.3. The minimum absolute atomic E-state index is 0.0507. The van der Waals surface area contributed by atoms with Gasteiger partial charge in [-0.2, -0.15) is 0 Å². The number of anilines is 1. The lowest BCUT2D eigenvalue weighted by molar-refractivity contribution is 0.0981. The number of nitrogens with zero attached hydrogens (tertiary/aromatic N) is 3. The second kappa shape index (κ2) is 8.72. The first kappa shape index (κ1) is 21.6. The van der Waals surface area contributed by atoms with Crippen molar-refractivity contribution in [2.45, 2.75) is 6.54 Å². The number of aromatic nitrogens is 2. The molecule has 8 heteroatoms. The zero-order valence-corrected chi connectivity index (χ0v) is 20.5. The predicted molar refractivity (Wildman–Crippen MR) is 142 cm³/mol. The molecule has 0 aliphatic carbocycles. The number of pyridine rings is 1. The van der Waals surface area contributed by atoms with Crippen molar-refractivity contribution in [2.75, 3.05) is 4.90 Å². The van der Waals surface area contributed by atoms with Gasteiger partial charge in [-0.15, -0.1) is 0 Å². The van der Waals surface area contributed by atoms with Gasteiger partial charge in [-0.3, -0.25) is 14.7 Å². The molecule has 6 nitrogen and oxygen atoms in total. The molecule has 0 saturated carbocycles. The summed E-state index contributed by atoms with van der Waals surface area (Å²) in [5, 5.41) is 3.08. The van der Waals surface area contributed by atoms with Gasteiger partial charge in [0, 0.05) is 16.1 Å². The largest absolute Gasteiger partial charge is 0.422 e. The highest BCUT2D eigenvalue weighted by molar-refractivity contribution is 9.10. The summed E-state index contributed by atoms with van der Waals surface area (Å²) in [6.07, 6.45) is 1.67. The molecule has 3 aromatic heterocycles. The van der Waals surface area contributed by atoms with Crippen LogP contribution in [-0.2, 0) is 6.54 Å². The van der Waals surface area contributed by atoms with Crippen molar-refractivity contribution in [3.05, 3.63) is 111 Å². The molecular weight excluding hydrogens is 526 g/mol. The van der Waals surface area contributed by atoms with Gasteiger partial charge in [0.2, 0.25) is 0 Å². The average molecular weight is 542 g/mol. The van der Waals surface area contributed by atoms with Gasteiger partial charge in [-0.1, -0.05) is 63.7 Å². The van der Waals surface area contributed by atoms with E-state index >= 15 is 0 Å². The summed E-state index contributed by atoms with van der Waals surface area (Å²) >= 11 is 4.86. The van der Waals surface area contributed by atoms with Crippen LogP contribution in [-0.4, -0.2) is 15.9 Å². The SMILES string of the molecule is O=C(c1cc2c(ccc3ccccc32)oc1=O)N(Cc1ccccn1)c1nc2ccc(Br)cc2s1. The smallest absolute Gasteiger partial charge is 0.349 e. The fraction of sp³-hybridized carbons (Fsp3) is 0.0370. The van der Waals surface area contributed by atoms with E-state index in [9.17, 15) is 9.59 Å². The van der Waals surface area contributed by atoms with Crippen LogP contribution in [0.15, 0.2) is 98.7 Å². The van der Waals surface area contributed by atoms with E-state index in [0.717, 1.165) is 25.5 Å². The van der Waals surface area contributed by atoms with Crippen molar-refractivity contribution in [3.63, 3.8) is 0 Å². The van der Waals surface area contributed by atoms with Gasteiger partial charge >= 0.3 is 5.63 Å². The van der Waals surface area contributed by atoms with Crippen LogP contribution in [0.25, 0.3) is 32.0 Å². The van der Waals surface area contributed by atoms with Crippen molar-refractivity contribution in [2.24, 2.45) is 0 Å². The Morgan fingerprint density at radius 2 is 1.83 bits per heavy atom. The number of thiazole rings is 1. The minimum Gasteiger partial charge on any atom is -0.422 e. The molecule has 35 heavy (non-hydrogen) atoms. The van der Waals surface area contributed by atoms with Gasteiger partial charge in [-0.25, -0.2) is 9.78 Å². The fourth-order valence-electron chi connectivity index (χ4n) is 4.05. The Morgan fingerprint density at radius 1 is 0.971 bits per heavy atom. The number of hydrogen-bond acceptors (Lipinski definition) is 6. The number of benzene rings is 3. The van der Waals surface area contributed by atoms with Crippen molar-refractivity contribution < 1.29 is 9.21 Å². The lowest BCUT2D eigenvalue weighted by Gasteiger charge is -2.19. The first-order valence-corrected chi connectivity index (χ1v) is 12.4. The molecule has 0 N–H and O–H groups in total. The van der Waals surface area contributed by atoms with Crippen molar-refractivity contribution in [3.8, 4) is 0 Å². The molecule has 0 bridgehead atoms. The highest BCUT2D eigenvalue weighted by Gasteiger charge is 2.26. The normalized spacial score (nSPS) is 11.3. The molecule has 1 amide bonds. The quantitative estimate of drug-likeness (QED) is 0.186. The standard InChI is InChI=1S/C27H16BrN3O3S/c28-17-9-10-22-24(13-17)35-27(30-22)31(15-18-6-3-4-12-29-18)25(32)21-14-20-19-7-2-1-5-16(19)8-11-23(20)34-26(21)33/h1-14H,15H2. The number of carbonyl (C=O) groups is 1. The van der Waals surface area contributed by atoms with E-state index in [1.165, 1.54) is 16.2 Å². The number of halogens is 1. The maximum Gasteiger partial charge on any atom is 0.349 e. The predicted octanol–water partition coefficient (Wildman–Crippen LogP) is 6.56. The van der Waals surface area contributed by atoms with Crippen LogP contribution < -0.4 is 10.5 Å². The van der Waals surface area contributed by atoms with Gasteiger partial charge in [0.15, 0.2) is 5.13 Å². The van der Waals surface area contributed by atoms with E-state index in [1.807, 2.05) is 66.7 Å². The van der Waals surface area contributed by atoms with Crippen LogP contribution in [0.1, 0.15) is 16.1 Å². The van der Waals surface area contributed by atoms with E-state index in [-0.39, 0.29) is 12.1 Å². The Morgan fingerprint density at radius 3 is 2.69 bits per heavy atom. The highest BCUT2D eigenvalue weighted by atomic mass is 79.9. The molecule has 3 aromatic carbocycles. The summed E-state index contributed by atoms with van der Waals surface area (Å²) in [7, 11) is 0. The zero-order chi connectivity index (χ0) is 23.9. The molecule has 0 radical (unpaired) electrons. The van der Waals surface area contributed by atoms with E-state index in [2.05, 4.69) is 25.9 Å². The van der Waals surface area contributed by atoms with Crippen molar-refractivity contribution >= 4 is 70.3 Å². The highest BCUT2D eigenvalue weighted by Crippen LogP contribution is 2.33. The molecular formula is C27H16BrN3O3S. The van der Waals surface area contributed by atoms with Crippen LogP contribution >= 0.6 is 27.3 Å². The molecule has 6 aromatic rings. The van der Waals surface area contributed by atoms with Crippen LogP contribution in [0.4, 0.5) is 5.13 Å². The lowest BCUT2D eigenvalue weighted by Crippen LogP contribution is -2.34. The summed E-state index contributed by atoms with van der Waals surface area (Å²) in [4.78, 5) is 37.4. The van der Waals surface area contributed by atoms with E-state index in [4.69, 9.17) is 4.42 Å². The third-order valence-electron chi connectivity index (χ3n) is 5.73. The van der Waals surface area contributed by atoms with Crippen molar-refractivity contribution in [1.82, 2.24) is 9.97 Å². The Kier molecular flexibility index (Phi) is 5.39. The van der Waals surface area contributed by atoms with Crippen LogP contribution in [0, 0.1) is 0 Å². The summed E-state index contributed by atoms with van der Waals surface area (Å²) in [5.74, 6) is -0.489. The number of fused-ring (bicyclic) bond motifs is 4. The van der Waals surface area contributed by atoms with Gasteiger partial charge in [0.05, 0.1) is 22.5 Å². The maximum atomic E-state index is 13.9. The Labute approximate surface area is 211 Å². The molecule has 0 aliphatic rings. The second-order valence-corrected chi connectivity index (χ2v) is 9.89. The molecule has 0 unspecified atom stereocenters. The van der Waals surface area contributed by atoms with Gasteiger partial charge in [0.25, 0.3) is 5.91 Å². The Hall–Kier alpha value is -3.88. The monoisotopic (exact) mass is 541 g/mol. The average Bonchev–Trinajstić information content (AvgIpc) is 3.30. The third-order valence-corrected chi connectivity index (χ3v) is 7.27. The van der Waals surface area contributed by atoms with E-state index in [1.54, 1.807) is 18.3 Å². The topological polar surface area (TPSA) is 76.3 Å². The third kappa shape index (κ3) is 4.00. The lowest BCUT2D eigenvalue weighted by atomic mass is 10.0. The molecule has 3 heterocycles. The minimum atomic E-state index is -0.687.